The van der Waals surface area contributed by atoms with E-state index in [0.717, 1.165) is 22.5 Å². The number of hydrogen-bond acceptors (Lipinski definition) is 6. The number of aromatic hydroxyl groups is 1. The minimum atomic E-state index is -0.266. The lowest BCUT2D eigenvalue weighted by atomic mass is 10.1. The largest absolute Gasteiger partial charge is 0.497 e. The second-order valence-electron chi connectivity index (χ2n) is 6.35. The second-order valence-corrected chi connectivity index (χ2v) is 7.42. The van der Waals surface area contributed by atoms with Gasteiger partial charge in [0.2, 0.25) is 5.88 Å². The molecule has 3 N–H and O–H groups in total. The first kappa shape index (κ1) is 20.5. The quantitative estimate of drug-likeness (QED) is 0.526. The molecule has 7 nitrogen and oxygen atoms in total. The van der Waals surface area contributed by atoms with Crippen LogP contribution in [0.4, 0.5) is 0 Å². The zero-order valence-corrected chi connectivity index (χ0v) is 17.0. The van der Waals surface area contributed by atoms with Crippen LogP contribution < -0.4 is 19.7 Å². The van der Waals surface area contributed by atoms with E-state index in [-0.39, 0.29) is 16.7 Å². The molecule has 0 spiro atoms. The molecular formula is C21H22N2O5S. The van der Waals surface area contributed by atoms with E-state index >= 15 is 0 Å². The minimum absolute atomic E-state index is 0.0697. The minimum Gasteiger partial charge on any atom is -0.497 e. The summed E-state index contributed by atoms with van der Waals surface area (Å²) in [5.41, 5.74) is 2.48. The van der Waals surface area contributed by atoms with Gasteiger partial charge in [-0.1, -0.05) is 35.6 Å². The van der Waals surface area contributed by atoms with Gasteiger partial charge in [-0.15, -0.1) is 0 Å². The summed E-state index contributed by atoms with van der Waals surface area (Å²) in [7, 11) is 3.07. The number of H-pyrrole nitrogens is 1. The molecule has 3 rings (SSSR count). The van der Waals surface area contributed by atoms with Crippen LogP contribution in [0.2, 0.25) is 0 Å². The first-order valence-electron chi connectivity index (χ1n) is 8.99. The Bertz CT molecular complexity index is 1040. The molecule has 0 bridgehead atoms. The molecular weight excluding hydrogens is 392 g/mol. The van der Waals surface area contributed by atoms with E-state index in [4.69, 9.17) is 9.47 Å². The van der Waals surface area contributed by atoms with E-state index in [1.54, 1.807) is 25.3 Å². The second kappa shape index (κ2) is 9.29. The van der Waals surface area contributed by atoms with Gasteiger partial charge >= 0.3 is 4.87 Å². The average Bonchev–Trinajstić information content (AvgIpc) is 3.05. The molecule has 0 aliphatic carbocycles. The Kier molecular flexibility index (Phi) is 6.56. The number of thiazole rings is 1. The molecule has 8 heteroatoms. The van der Waals surface area contributed by atoms with Crippen molar-refractivity contribution in [3.8, 4) is 17.4 Å². The highest BCUT2D eigenvalue weighted by Crippen LogP contribution is 2.24. The van der Waals surface area contributed by atoms with Crippen molar-refractivity contribution < 1.29 is 19.4 Å². The van der Waals surface area contributed by atoms with Gasteiger partial charge in [0.25, 0.3) is 5.91 Å². The molecule has 0 unspecified atom stereocenters. The molecule has 1 amide bonds. The van der Waals surface area contributed by atoms with Crippen LogP contribution >= 0.6 is 11.3 Å². The maximum absolute atomic E-state index is 12.5. The smallest absolute Gasteiger partial charge is 0.307 e. The highest BCUT2D eigenvalue weighted by atomic mass is 32.1. The fourth-order valence-corrected chi connectivity index (χ4v) is 3.65. The number of benzene rings is 2. The molecule has 2 aromatic carbocycles. The maximum Gasteiger partial charge on any atom is 0.307 e. The van der Waals surface area contributed by atoms with Gasteiger partial charge in [0.05, 0.1) is 24.7 Å². The van der Waals surface area contributed by atoms with Crippen LogP contribution in [0, 0.1) is 0 Å². The summed E-state index contributed by atoms with van der Waals surface area (Å²) in [4.78, 5) is 26.5. The van der Waals surface area contributed by atoms with Crippen LogP contribution in [0.3, 0.4) is 0 Å². The van der Waals surface area contributed by atoms with Crippen LogP contribution in [0.25, 0.3) is 0 Å². The Labute approximate surface area is 171 Å². The van der Waals surface area contributed by atoms with Crippen LogP contribution in [0.15, 0.2) is 47.3 Å². The number of hydrogen-bond donors (Lipinski definition) is 3. The van der Waals surface area contributed by atoms with E-state index in [1.807, 2.05) is 24.3 Å². The number of nitrogens with one attached hydrogen (secondary N) is 2. The van der Waals surface area contributed by atoms with Crippen molar-refractivity contribution >= 4 is 17.2 Å². The van der Waals surface area contributed by atoms with E-state index < -0.39 is 0 Å². The normalized spacial score (nSPS) is 10.6. The number of rotatable bonds is 8. The van der Waals surface area contributed by atoms with Crippen LogP contribution in [-0.2, 0) is 12.8 Å². The van der Waals surface area contributed by atoms with Gasteiger partial charge < -0.3 is 19.9 Å². The van der Waals surface area contributed by atoms with Gasteiger partial charge in [0.1, 0.15) is 11.5 Å². The Morgan fingerprint density at radius 2 is 1.83 bits per heavy atom. The molecule has 0 fully saturated rings. The summed E-state index contributed by atoms with van der Waals surface area (Å²) in [6, 6.07) is 12.9. The van der Waals surface area contributed by atoms with E-state index in [2.05, 4.69) is 10.3 Å². The highest BCUT2D eigenvalue weighted by molar-refractivity contribution is 7.09. The first-order chi connectivity index (χ1) is 14.0. The van der Waals surface area contributed by atoms with Gasteiger partial charge in [-0.05, 0) is 35.7 Å². The third kappa shape index (κ3) is 5.17. The summed E-state index contributed by atoms with van der Waals surface area (Å²) in [5.74, 6) is 0.781. The van der Waals surface area contributed by atoms with E-state index in [9.17, 15) is 14.7 Å². The molecule has 152 valence electrons. The van der Waals surface area contributed by atoms with E-state index in [1.165, 1.54) is 7.11 Å². The van der Waals surface area contributed by atoms with Gasteiger partial charge in [0, 0.05) is 13.0 Å². The van der Waals surface area contributed by atoms with Crippen LogP contribution in [0.5, 0.6) is 17.4 Å². The lowest BCUT2D eigenvalue weighted by Gasteiger charge is -2.11. The first-order valence-corrected chi connectivity index (χ1v) is 9.80. The molecule has 1 heterocycles. The predicted molar refractivity (Wildman–Crippen MR) is 111 cm³/mol. The highest BCUT2D eigenvalue weighted by Gasteiger charge is 2.13. The molecule has 29 heavy (non-hydrogen) atoms. The molecule has 0 atom stereocenters. The fraction of sp³-hybridized carbons (Fsp3) is 0.238. The van der Waals surface area contributed by atoms with Gasteiger partial charge in [-0.3, -0.25) is 14.6 Å². The zero-order valence-electron chi connectivity index (χ0n) is 16.2. The van der Waals surface area contributed by atoms with E-state index in [0.29, 0.717) is 41.3 Å². The summed E-state index contributed by atoms with van der Waals surface area (Å²) in [6.45, 7) is 0.471. The Morgan fingerprint density at radius 3 is 2.45 bits per heavy atom. The average molecular weight is 414 g/mol. The summed E-state index contributed by atoms with van der Waals surface area (Å²) < 4.78 is 10.4. The Morgan fingerprint density at radius 1 is 1.10 bits per heavy atom. The molecule has 0 aliphatic rings. The van der Waals surface area contributed by atoms with Crippen LogP contribution in [0.1, 0.15) is 26.4 Å². The summed E-state index contributed by atoms with van der Waals surface area (Å²) in [5, 5.41) is 12.6. The van der Waals surface area contributed by atoms with Gasteiger partial charge in [0.15, 0.2) is 0 Å². The molecule has 3 aromatic rings. The Balaban J connectivity index is 1.56. The topological polar surface area (TPSA) is 101 Å². The maximum atomic E-state index is 12.5. The van der Waals surface area contributed by atoms with Crippen molar-refractivity contribution in [3.05, 3.63) is 73.7 Å². The van der Waals surface area contributed by atoms with Crippen molar-refractivity contribution in [3.63, 3.8) is 0 Å². The van der Waals surface area contributed by atoms with Crippen molar-refractivity contribution in [1.29, 1.82) is 0 Å². The van der Waals surface area contributed by atoms with Gasteiger partial charge in [-0.25, -0.2) is 0 Å². The number of methoxy groups -OCH3 is 2. The van der Waals surface area contributed by atoms with Crippen LogP contribution in [-0.4, -0.2) is 36.8 Å². The Hall–Kier alpha value is -3.26. The van der Waals surface area contributed by atoms with Crippen molar-refractivity contribution in [2.24, 2.45) is 0 Å². The monoisotopic (exact) mass is 414 g/mol. The molecule has 1 aromatic heterocycles. The molecule has 0 saturated carbocycles. The van der Waals surface area contributed by atoms with Crippen molar-refractivity contribution in [1.82, 2.24) is 10.3 Å². The zero-order chi connectivity index (χ0) is 20.8. The summed E-state index contributed by atoms with van der Waals surface area (Å²) >= 11 is 1.01. The molecule has 0 radical (unpaired) electrons. The lowest BCUT2D eigenvalue weighted by molar-refractivity contribution is 0.0950. The molecule has 0 aliphatic heterocycles. The van der Waals surface area contributed by atoms with Gasteiger partial charge in [-0.2, -0.15) is 0 Å². The standard InChI is InChI=1S/C21H22N2O5S/c1-27-15-7-8-17(28-2)16(12-15)19(24)22-10-9-13-3-5-14(6-4-13)11-18-20(25)23-21(26)29-18/h3-8,12,25H,9-11H2,1-2H3,(H,22,24)(H,23,26). The van der Waals surface area contributed by atoms with Crippen molar-refractivity contribution in [2.45, 2.75) is 12.8 Å². The third-order valence-electron chi connectivity index (χ3n) is 4.44. The number of ether oxygens (including phenoxy) is 2. The lowest BCUT2D eigenvalue weighted by Crippen LogP contribution is -2.26. The predicted octanol–water partition coefficient (Wildman–Crippen LogP) is 2.72. The third-order valence-corrected chi connectivity index (χ3v) is 5.31. The van der Waals surface area contributed by atoms with Crippen molar-refractivity contribution in [2.75, 3.05) is 20.8 Å². The fourth-order valence-electron chi connectivity index (χ4n) is 2.89. The molecule has 0 saturated heterocycles. The number of aromatic nitrogens is 1. The number of carbonyl (C=O) groups is 1. The number of aromatic amines is 1. The number of amides is 1. The summed E-state index contributed by atoms with van der Waals surface area (Å²) in [6.07, 6.45) is 1.16. The number of carbonyl (C=O) groups excluding carboxylic acids is 1. The SMILES string of the molecule is COc1ccc(OC)c(C(=O)NCCc2ccc(Cc3sc(=O)[nH]c3O)cc2)c1.